The number of ether oxygens (including phenoxy) is 1. The van der Waals surface area contributed by atoms with Gasteiger partial charge in [0, 0.05) is 5.02 Å². The highest BCUT2D eigenvalue weighted by atomic mass is 79.9. The molecule has 0 aliphatic carbocycles. The van der Waals surface area contributed by atoms with Crippen LogP contribution in [0.3, 0.4) is 0 Å². The number of esters is 1. The number of benzene rings is 1. The lowest BCUT2D eigenvalue weighted by atomic mass is 10.1. The van der Waals surface area contributed by atoms with E-state index in [4.69, 9.17) is 16.3 Å². The van der Waals surface area contributed by atoms with E-state index in [1.165, 1.54) is 0 Å². The zero-order chi connectivity index (χ0) is 11.4. The van der Waals surface area contributed by atoms with E-state index in [2.05, 4.69) is 15.9 Å². The molecule has 0 amide bonds. The zero-order valence-electron chi connectivity index (χ0n) is 8.54. The first-order valence-electron chi connectivity index (χ1n) is 4.60. The number of rotatable bonds is 3. The molecule has 0 heterocycles. The third-order valence-corrected chi connectivity index (χ3v) is 2.88. The lowest BCUT2D eigenvalue weighted by Gasteiger charge is -2.12. The number of carbonyl (C=O) groups excluding carboxylic acids is 1. The van der Waals surface area contributed by atoms with Gasteiger partial charge in [-0.2, -0.15) is 0 Å². The Bertz CT molecular complexity index is 335. The minimum atomic E-state index is -0.433. The van der Waals surface area contributed by atoms with Crippen molar-refractivity contribution in [2.75, 3.05) is 0 Å². The first-order chi connectivity index (χ1) is 7.00. The predicted molar refractivity (Wildman–Crippen MR) is 64.3 cm³/mol. The monoisotopic (exact) mass is 290 g/mol. The normalized spacial score (nSPS) is 12.6. The van der Waals surface area contributed by atoms with Crippen molar-refractivity contribution in [2.45, 2.75) is 24.8 Å². The fourth-order valence-corrected chi connectivity index (χ4v) is 1.60. The molecule has 0 spiro atoms. The molecular weight excluding hydrogens is 279 g/mol. The van der Waals surface area contributed by atoms with Gasteiger partial charge >= 0.3 is 5.97 Å². The van der Waals surface area contributed by atoms with Gasteiger partial charge in [-0.25, -0.2) is 0 Å². The SMILES string of the molecule is CC(C)OC(=O)[C@@H](Br)c1ccc(Cl)cc1. The summed E-state index contributed by atoms with van der Waals surface area (Å²) in [5, 5.41) is 0.649. The smallest absolute Gasteiger partial charge is 0.324 e. The molecule has 1 atom stereocenters. The van der Waals surface area contributed by atoms with Crippen molar-refractivity contribution in [3.63, 3.8) is 0 Å². The molecule has 1 rings (SSSR count). The largest absolute Gasteiger partial charge is 0.462 e. The zero-order valence-corrected chi connectivity index (χ0v) is 10.9. The van der Waals surface area contributed by atoms with Gasteiger partial charge < -0.3 is 4.74 Å². The van der Waals surface area contributed by atoms with Crippen LogP contribution in [0, 0.1) is 0 Å². The van der Waals surface area contributed by atoms with Crippen LogP contribution in [-0.4, -0.2) is 12.1 Å². The summed E-state index contributed by atoms with van der Waals surface area (Å²) in [5.41, 5.74) is 0.838. The summed E-state index contributed by atoms with van der Waals surface area (Å²) in [6, 6.07) is 7.08. The van der Waals surface area contributed by atoms with E-state index in [1.54, 1.807) is 24.3 Å². The molecule has 1 aromatic carbocycles. The maximum absolute atomic E-state index is 11.5. The van der Waals surface area contributed by atoms with Gasteiger partial charge in [-0.3, -0.25) is 4.79 Å². The van der Waals surface area contributed by atoms with Gasteiger partial charge in [0.25, 0.3) is 0 Å². The highest BCUT2D eigenvalue weighted by Crippen LogP contribution is 2.25. The molecule has 0 saturated carbocycles. The van der Waals surface area contributed by atoms with Crippen LogP contribution in [0.1, 0.15) is 24.2 Å². The number of hydrogen-bond acceptors (Lipinski definition) is 2. The summed E-state index contributed by atoms with van der Waals surface area (Å²) >= 11 is 9.04. The maximum atomic E-state index is 11.5. The second-order valence-electron chi connectivity index (χ2n) is 3.40. The first kappa shape index (κ1) is 12.5. The molecular formula is C11H12BrClO2. The van der Waals surface area contributed by atoms with Crippen LogP contribution in [0.4, 0.5) is 0 Å². The van der Waals surface area contributed by atoms with E-state index in [0.717, 1.165) is 5.56 Å². The molecule has 0 aliphatic heterocycles. The van der Waals surface area contributed by atoms with E-state index >= 15 is 0 Å². The highest BCUT2D eigenvalue weighted by molar-refractivity contribution is 9.09. The van der Waals surface area contributed by atoms with Gasteiger partial charge in [0.05, 0.1) is 6.10 Å². The van der Waals surface area contributed by atoms with Crippen molar-refractivity contribution >= 4 is 33.5 Å². The third-order valence-electron chi connectivity index (χ3n) is 1.72. The molecule has 4 heteroatoms. The Morgan fingerprint density at radius 1 is 1.33 bits per heavy atom. The van der Waals surface area contributed by atoms with Gasteiger partial charge in [-0.1, -0.05) is 39.7 Å². The van der Waals surface area contributed by atoms with Crippen LogP contribution in [0.2, 0.25) is 5.02 Å². The molecule has 82 valence electrons. The van der Waals surface area contributed by atoms with E-state index in [1.807, 2.05) is 13.8 Å². The van der Waals surface area contributed by atoms with Gasteiger partial charge in [0.2, 0.25) is 0 Å². The van der Waals surface area contributed by atoms with Gasteiger partial charge in [-0.05, 0) is 31.5 Å². The average molecular weight is 292 g/mol. The van der Waals surface area contributed by atoms with Gasteiger partial charge in [0.1, 0.15) is 4.83 Å². The topological polar surface area (TPSA) is 26.3 Å². The van der Waals surface area contributed by atoms with E-state index in [9.17, 15) is 4.79 Å². The van der Waals surface area contributed by atoms with Crippen molar-refractivity contribution in [2.24, 2.45) is 0 Å². The second-order valence-corrected chi connectivity index (χ2v) is 4.75. The number of halogens is 2. The summed E-state index contributed by atoms with van der Waals surface area (Å²) < 4.78 is 5.08. The third kappa shape index (κ3) is 3.84. The number of carbonyl (C=O) groups is 1. The first-order valence-corrected chi connectivity index (χ1v) is 5.90. The lowest BCUT2D eigenvalue weighted by Crippen LogP contribution is -2.15. The van der Waals surface area contributed by atoms with Gasteiger partial charge in [0.15, 0.2) is 0 Å². The van der Waals surface area contributed by atoms with Crippen LogP contribution >= 0.6 is 27.5 Å². The van der Waals surface area contributed by atoms with Crippen LogP contribution in [0.15, 0.2) is 24.3 Å². The van der Waals surface area contributed by atoms with Crippen LogP contribution in [0.25, 0.3) is 0 Å². The van der Waals surface area contributed by atoms with E-state index < -0.39 is 4.83 Å². The Morgan fingerprint density at radius 2 is 1.87 bits per heavy atom. The molecule has 15 heavy (non-hydrogen) atoms. The van der Waals surface area contributed by atoms with E-state index in [-0.39, 0.29) is 12.1 Å². The molecule has 0 aliphatic rings. The number of alkyl halides is 1. The summed E-state index contributed by atoms with van der Waals surface area (Å²) in [5.74, 6) is -0.285. The fourth-order valence-electron chi connectivity index (χ4n) is 1.06. The van der Waals surface area contributed by atoms with Crippen LogP contribution in [-0.2, 0) is 9.53 Å². The molecule has 0 bridgehead atoms. The maximum Gasteiger partial charge on any atom is 0.324 e. The summed E-state index contributed by atoms with van der Waals surface area (Å²) in [6.07, 6.45) is -0.107. The molecule has 1 aromatic rings. The minimum absolute atomic E-state index is 0.107. The van der Waals surface area contributed by atoms with Gasteiger partial charge in [-0.15, -0.1) is 0 Å². The summed E-state index contributed by atoms with van der Waals surface area (Å²) in [6.45, 7) is 3.64. The Balaban J connectivity index is 2.71. The second kappa shape index (κ2) is 5.52. The van der Waals surface area contributed by atoms with Crippen molar-refractivity contribution < 1.29 is 9.53 Å². The lowest BCUT2D eigenvalue weighted by molar-refractivity contribution is -0.146. The Morgan fingerprint density at radius 3 is 2.33 bits per heavy atom. The molecule has 0 unspecified atom stereocenters. The van der Waals surface area contributed by atoms with Crippen LogP contribution < -0.4 is 0 Å². The van der Waals surface area contributed by atoms with Crippen molar-refractivity contribution in [1.29, 1.82) is 0 Å². The average Bonchev–Trinajstić information content (AvgIpc) is 2.17. The Hall–Kier alpha value is -0.540. The molecule has 0 fully saturated rings. The molecule has 0 radical (unpaired) electrons. The standard InChI is InChI=1S/C11H12BrClO2/c1-7(2)15-11(14)10(12)8-3-5-9(13)6-4-8/h3-7,10H,1-2H3/t10-/m0/s1. The summed E-state index contributed by atoms with van der Waals surface area (Å²) in [7, 11) is 0. The quantitative estimate of drug-likeness (QED) is 0.626. The van der Waals surface area contributed by atoms with Crippen molar-refractivity contribution in [3.05, 3.63) is 34.9 Å². The van der Waals surface area contributed by atoms with Crippen LogP contribution in [0.5, 0.6) is 0 Å². The molecule has 0 N–H and O–H groups in total. The summed E-state index contributed by atoms with van der Waals surface area (Å²) in [4.78, 5) is 11.1. The Kier molecular flexibility index (Phi) is 4.61. The fraction of sp³-hybridized carbons (Fsp3) is 0.364. The van der Waals surface area contributed by atoms with Crippen molar-refractivity contribution in [3.8, 4) is 0 Å². The minimum Gasteiger partial charge on any atom is -0.462 e. The Labute approximate surface area is 103 Å². The number of hydrogen-bond donors (Lipinski definition) is 0. The van der Waals surface area contributed by atoms with Crippen molar-refractivity contribution in [1.82, 2.24) is 0 Å². The molecule has 0 saturated heterocycles. The molecule has 0 aromatic heterocycles. The molecule has 2 nitrogen and oxygen atoms in total. The highest BCUT2D eigenvalue weighted by Gasteiger charge is 2.19. The van der Waals surface area contributed by atoms with E-state index in [0.29, 0.717) is 5.02 Å². The predicted octanol–water partition coefficient (Wildman–Crippen LogP) is 3.73.